The lowest BCUT2D eigenvalue weighted by atomic mass is 10.1. The maximum atomic E-state index is 13.1. The van der Waals surface area contributed by atoms with Crippen LogP contribution in [0.3, 0.4) is 0 Å². The number of aromatic nitrogens is 1. The lowest BCUT2D eigenvalue weighted by Crippen LogP contribution is -2.48. The predicted molar refractivity (Wildman–Crippen MR) is 105 cm³/mol. The Morgan fingerprint density at radius 1 is 1.39 bits per heavy atom. The quantitative estimate of drug-likeness (QED) is 0.682. The Labute approximate surface area is 168 Å². The predicted octanol–water partition coefficient (Wildman–Crippen LogP) is 2.62. The number of nitrogens with two attached hydrogens (primary N) is 1. The average molecular weight is 426 g/mol. The number of thiazole rings is 1. The third-order valence-electron chi connectivity index (χ3n) is 4.47. The number of amides is 4. The van der Waals surface area contributed by atoms with Crippen LogP contribution < -0.4 is 16.4 Å². The second kappa shape index (κ2) is 8.23. The summed E-state index contributed by atoms with van der Waals surface area (Å²) in [6.07, 6.45) is 2.65. The van der Waals surface area contributed by atoms with Gasteiger partial charge in [0.2, 0.25) is 5.91 Å². The Balaban J connectivity index is 1.76. The molecule has 150 valence electrons. The summed E-state index contributed by atoms with van der Waals surface area (Å²) in [4.78, 5) is 43.4. The minimum Gasteiger partial charge on any atom is -0.352 e. The third-order valence-corrected chi connectivity index (χ3v) is 6.33. The molecule has 28 heavy (non-hydrogen) atoms. The van der Waals surface area contributed by atoms with E-state index in [9.17, 15) is 18.8 Å². The van der Waals surface area contributed by atoms with Gasteiger partial charge in [-0.25, -0.2) is 9.78 Å². The van der Waals surface area contributed by atoms with Gasteiger partial charge in [0.15, 0.2) is 10.3 Å². The number of carbonyl (C=O) groups excluding carboxylic acids is 3. The number of urea groups is 1. The van der Waals surface area contributed by atoms with E-state index in [2.05, 4.69) is 15.6 Å². The summed E-state index contributed by atoms with van der Waals surface area (Å²) in [6.45, 7) is 3.99. The summed E-state index contributed by atoms with van der Waals surface area (Å²) in [6, 6.07) is 0.136. The molecule has 3 rings (SSSR count). The van der Waals surface area contributed by atoms with Crippen molar-refractivity contribution in [2.75, 3.05) is 11.9 Å². The molecule has 0 bridgehead atoms. The van der Waals surface area contributed by atoms with Crippen LogP contribution in [-0.2, 0) is 4.79 Å². The van der Waals surface area contributed by atoms with Gasteiger partial charge in [0.1, 0.15) is 6.04 Å². The van der Waals surface area contributed by atoms with Gasteiger partial charge in [-0.15, -0.1) is 11.3 Å². The molecule has 11 heteroatoms. The largest absolute Gasteiger partial charge is 0.352 e. The number of primary amides is 1. The molecular formula is C17H20FN5O3S2. The maximum absolute atomic E-state index is 13.1. The van der Waals surface area contributed by atoms with Crippen molar-refractivity contribution in [1.29, 1.82) is 0 Å². The van der Waals surface area contributed by atoms with Gasteiger partial charge >= 0.3 is 6.03 Å². The van der Waals surface area contributed by atoms with Crippen molar-refractivity contribution < 1.29 is 18.8 Å². The second-order valence-electron chi connectivity index (χ2n) is 6.46. The normalized spacial score (nSPS) is 17.4. The highest BCUT2D eigenvalue weighted by Gasteiger charge is 2.34. The Bertz CT molecular complexity index is 912. The average Bonchev–Trinajstić information content (AvgIpc) is 3.33. The van der Waals surface area contributed by atoms with E-state index >= 15 is 0 Å². The van der Waals surface area contributed by atoms with Gasteiger partial charge in [0.05, 0.1) is 17.8 Å². The van der Waals surface area contributed by atoms with Gasteiger partial charge < -0.3 is 16.0 Å². The summed E-state index contributed by atoms with van der Waals surface area (Å²) in [7, 11) is 0. The van der Waals surface area contributed by atoms with Gasteiger partial charge in [-0.3, -0.25) is 14.9 Å². The summed E-state index contributed by atoms with van der Waals surface area (Å²) in [5, 5.41) is 4.71. The summed E-state index contributed by atoms with van der Waals surface area (Å²) < 4.78 is 13.1. The van der Waals surface area contributed by atoms with Crippen molar-refractivity contribution in [1.82, 2.24) is 15.2 Å². The van der Waals surface area contributed by atoms with Gasteiger partial charge in [0, 0.05) is 16.3 Å². The first kappa shape index (κ1) is 20.2. The van der Waals surface area contributed by atoms with E-state index in [1.54, 1.807) is 17.9 Å². The van der Waals surface area contributed by atoms with E-state index in [-0.39, 0.29) is 23.0 Å². The van der Waals surface area contributed by atoms with E-state index in [0.29, 0.717) is 12.1 Å². The van der Waals surface area contributed by atoms with Crippen LogP contribution in [0.2, 0.25) is 0 Å². The van der Waals surface area contributed by atoms with Crippen LogP contribution in [0.5, 0.6) is 0 Å². The summed E-state index contributed by atoms with van der Waals surface area (Å²) in [5.74, 6) is -0.578. The fourth-order valence-electron chi connectivity index (χ4n) is 3.22. The zero-order chi connectivity index (χ0) is 20.4. The van der Waals surface area contributed by atoms with Gasteiger partial charge in [0.25, 0.3) is 5.91 Å². The molecule has 1 unspecified atom stereocenters. The fraction of sp³-hybridized carbons (Fsp3) is 0.412. The number of thiophene rings is 1. The number of hydrogen-bond acceptors (Lipinski definition) is 6. The molecule has 1 fully saturated rings. The molecular weight excluding hydrogens is 405 g/mol. The zero-order valence-electron chi connectivity index (χ0n) is 15.3. The van der Waals surface area contributed by atoms with Crippen LogP contribution in [0, 0.1) is 12.1 Å². The van der Waals surface area contributed by atoms with Gasteiger partial charge in [-0.1, -0.05) is 11.3 Å². The van der Waals surface area contributed by atoms with Crippen LogP contribution >= 0.6 is 22.7 Å². The van der Waals surface area contributed by atoms with E-state index in [1.165, 1.54) is 11.3 Å². The van der Waals surface area contributed by atoms with Crippen molar-refractivity contribution in [3.05, 3.63) is 32.7 Å². The topological polar surface area (TPSA) is 117 Å². The summed E-state index contributed by atoms with van der Waals surface area (Å²) >= 11 is 2.20. The molecule has 1 aliphatic heterocycles. The number of carbonyl (C=O) groups is 3. The van der Waals surface area contributed by atoms with Crippen LogP contribution in [0.4, 0.5) is 14.3 Å². The molecule has 1 saturated heterocycles. The van der Waals surface area contributed by atoms with Crippen LogP contribution in [0.15, 0.2) is 12.3 Å². The lowest BCUT2D eigenvalue weighted by molar-refractivity contribution is -0.133. The molecule has 0 saturated carbocycles. The highest BCUT2D eigenvalue weighted by atomic mass is 32.1. The number of anilines is 1. The summed E-state index contributed by atoms with van der Waals surface area (Å²) in [5.41, 5.74) is 5.58. The number of aryl methyl sites for hydroxylation is 1. The Hall–Kier alpha value is -2.53. The monoisotopic (exact) mass is 425 g/mol. The molecule has 0 spiro atoms. The van der Waals surface area contributed by atoms with Gasteiger partial charge in [-0.2, -0.15) is 4.39 Å². The van der Waals surface area contributed by atoms with Gasteiger partial charge in [-0.05, 0) is 32.8 Å². The van der Waals surface area contributed by atoms with E-state index in [1.807, 2.05) is 6.92 Å². The van der Waals surface area contributed by atoms with Crippen molar-refractivity contribution in [3.63, 3.8) is 0 Å². The third kappa shape index (κ3) is 4.30. The molecule has 1 aliphatic rings. The lowest BCUT2D eigenvalue weighted by Gasteiger charge is -2.27. The van der Waals surface area contributed by atoms with Crippen LogP contribution in [-0.4, -0.2) is 40.3 Å². The second-order valence-corrected chi connectivity index (χ2v) is 8.73. The van der Waals surface area contributed by atoms with Crippen molar-refractivity contribution in [3.8, 4) is 0 Å². The Morgan fingerprint density at radius 3 is 2.79 bits per heavy atom. The minimum atomic E-state index is -0.749. The number of nitrogens with zero attached hydrogens (tertiary/aromatic N) is 2. The number of likely N-dealkylation sites (tertiary alicyclic amines) is 1. The molecule has 0 aromatic carbocycles. The first-order valence-electron chi connectivity index (χ1n) is 8.65. The van der Waals surface area contributed by atoms with Crippen molar-refractivity contribution in [2.24, 2.45) is 5.73 Å². The molecule has 0 radical (unpaired) electrons. The number of nitrogens with one attached hydrogen (secondary N) is 2. The van der Waals surface area contributed by atoms with Crippen molar-refractivity contribution >= 4 is 45.7 Å². The highest BCUT2D eigenvalue weighted by molar-refractivity contribution is 7.14. The van der Waals surface area contributed by atoms with Crippen LogP contribution in [0.25, 0.3) is 0 Å². The maximum Gasteiger partial charge on any atom is 0.312 e. The van der Waals surface area contributed by atoms with E-state index in [0.717, 1.165) is 40.1 Å². The Kier molecular flexibility index (Phi) is 5.94. The SMILES string of the molecule is Cc1sc(C2CCCN2C(=O)[C@H](C)NC(N)=O)cc1C(=O)Nc1ncc(F)s1. The first-order valence-corrected chi connectivity index (χ1v) is 10.3. The molecule has 4 amide bonds. The smallest absolute Gasteiger partial charge is 0.312 e. The molecule has 3 heterocycles. The molecule has 8 nitrogen and oxygen atoms in total. The standard InChI is InChI=1S/C17H20FN5O3S2/c1-8(21-16(19)26)15(25)23-5-3-4-11(23)12-6-10(9(2)27-12)14(24)22-17-20-7-13(18)28-17/h6-8,11H,3-5H2,1-2H3,(H3,19,21,26)(H,20,22,24)/t8-,11?/m0/s1. The fourth-order valence-corrected chi connectivity index (χ4v) is 4.93. The number of rotatable bonds is 5. The van der Waals surface area contributed by atoms with Crippen LogP contribution in [0.1, 0.15) is 45.9 Å². The zero-order valence-corrected chi connectivity index (χ0v) is 17.0. The number of halogens is 1. The minimum absolute atomic E-state index is 0.160. The van der Waals surface area contributed by atoms with E-state index < -0.39 is 17.2 Å². The Morgan fingerprint density at radius 2 is 2.14 bits per heavy atom. The number of hydrogen-bond donors (Lipinski definition) is 3. The molecule has 2 aromatic heterocycles. The molecule has 0 aliphatic carbocycles. The highest BCUT2D eigenvalue weighted by Crippen LogP contribution is 2.38. The first-order chi connectivity index (χ1) is 13.3. The van der Waals surface area contributed by atoms with E-state index in [4.69, 9.17) is 5.73 Å². The molecule has 2 aromatic rings. The molecule has 2 atom stereocenters. The van der Waals surface area contributed by atoms with Crippen molar-refractivity contribution in [2.45, 2.75) is 38.8 Å². The molecule has 4 N–H and O–H groups in total.